The lowest BCUT2D eigenvalue weighted by atomic mass is 10.1. The number of aromatic hydroxyl groups is 1. The molecule has 1 aromatic carbocycles. The summed E-state index contributed by atoms with van der Waals surface area (Å²) in [4.78, 5) is 18.6. The minimum absolute atomic E-state index is 0.0675. The lowest BCUT2D eigenvalue weighted by Gasteiger charge is -2.14. The Hall–Kier alpha value is -2.30. The highest BCUT2D eigenvalue weighted by molar-refractivity contribution is 6.14. The number of ether oxygens (including phenoxy) is 1. The van der Waals surface area contributed by atoms with Gasteiger partial charge in [0, 0.05) is 24.6 Å². The van der Waals surface area contributed by atoms with E-state index in [2.05, 4.69) is 4.99 Å². The van der Waals surface area contributed by atoms with Crippen molar-refractivity contribution in [3.8, 4) is 11.5 Å². The van der Waals surface area contributed by atoms with Gasteiger partial charge >= 0.3 is 0 Å². The van der Waals surface area contributed by atoms with E-state index in [-0.39, 0.29) is 11.7 Å². The van der Waals surface area contributed by atoms with Crippen LogP contribution in [0.3, 0.4) is 0 Å². The van der Waals surface area contributed by atoms with Crippen molar-refractivity contribution in [3.05, 3.63) is 29.5 Å². The van der Waals surface area contributed by atoms with E-state index in [0.29, 0.717) is 17.0 Å². The van der Waals surface area contributed by atoms with E-state index < -0.39 is 0 Å². The first kappa shape index (κ1) is 13.7. The number of methoxy groups -OCH3 is 1. The lowest BCUT2D eigenvalue weighted by Crippen LogP contribution is -2.31. The Morgan fingerprint density at radius 3 is 2.95 bits per heavy atom. The van der Waals surface area contributed by atoms with Crippen molar-refractivity contribution in [2.45, 2.75) is 25.7 Å². The monoisotopic (exact) mass is 286 g/mol. The molecule has 3 rings (SSSR count). The molecule has 0 radical (unpaired) electrons. The van der Waals surface area contributed by atoms with Crippen LogP contribution in [0.2, 0.25) is 0 Å². The van der Waals surface area contributed by atoms with Crippen molar-refractivity contribution < 1.29 is 14.6 Å². The van der Waals surface area contributed by atoms with Gasteiger partial charge < -0.3 is 9.84 Å². The number of rotatable bonds is 2. The summed E-state index contributed by atoms with van der Waals surface area (Å²) in [7, 11) is 1.54. The smallest absolute Gasteiger partial charge is 0.277 e. The molecule has 21 heavy (non-hydrogen) atoms. The number of hydrogen-bond donors (Lipinski definition) is 1. The number of benzene rings is 1. The van der Waals surface area contributed by atoms with Gasteiger partial charge in [0.05, 0.1) is 7.11 Å². The highest BCUT2D eigenvalue weighted by Gasteiger charge is 2.30. The van der Waals surface area contributed by atoms with E-state index in [1.54, 1.807) is 30.2 Å². The molecule has 1 amide bonds. The molecule has 0 atom stereocenters. The van der Waals surface area contributed by atoms with E-state index in [9.17, 15) is 9.90 Å². The highest BCUT2D eigenvalue weighted by atomic mass is 16.5. The molecule has 0 spiro atoms. The van der Waals surface area contributed by atoms with Crippen molar-refractivity contribution in [1.29, 1.82) is 0 Å². The number of amides is 1. The summed E-state index contributed by atoms with van der Waals surface area (Å²) in [5.41, 5.74) is 0.966. The van der Waals surface area contributed by atoms with Crippen LogP contribution in [-0.4, -0.2) is 35.4 Å². The number of fused-ring (bicyclic) bond motifs is 1. The molecule has 5 nitrogen and oxygen atoms in total. The Morgan fingerprint density at radius 2 is 2.19 bits per heavy atom. The second-order valence-electron chi connectivity index (χ2n) is 5.25. The van der Waals surface area contributed by atoms with E-state index in [1.165, 1.54) is 6.07 Å². The summed E-state index contributed by atoms with van der Waals surface area (Å²) in [5.74, 6) is 1.45. The van der Waals surface area contributed by atoms with Crippen molar-refractivity contribution in [2.75, 3.05) is 13.7 Å². The fourth-order valence-electron chi connectivity index (χ4n) is 2.67. The van der Waals surface area contributed by atoms with E-state index in [1.807, 2.05) is 0 Å². The zero-order valence-corrected chi connectivity index (χ0v) is 12.0. The lowest BCUT2D eigenvalue weighted by molar-refractivity contribution is -0.122. The Morgan fingerprint density at radius 1 is 1.33 bits per heavy atom. The van der Waals surface area contributed by atoms with Crippen LogP contribution >= 0.6 is 0 Å². The molecule has 2 aliphatic heterocycles. The number of carbonyl (C=O) groups is 1. The van der Waals surface area contributed by atoms with Gasteiger partial charge in [0.2, 0.25) is 0 Å². The fraction of sp³-hybridized carbons (Fsp3) is 0.375. The maximum absolute atomic E-state index is 12.4. The van der Waals surface area contributed by atoms with Crippen LogP contribution in [0, 0.1) is 0 Å². The average Bonchev–Trinajstić information content (AvgIpc) is 2.67. The molecule has 1 fully saturated rings. The minimum Gasteiger partial charge on any atom is -0.507 e. The van der Waals surface area contributed by atoms with Crippen LogP contribution in [0.15, 0.2) is 28.9 Å². The summed E-state index contributed by atoms with van der Waals surface area (Å²) in [6, 6.07) is 4.99. The van der Waals surface area contributed by atoms with Gasteiger partial charge in [0.1, 0.15) is 23.0 Å². The highest BCUT2D eigenvalue weighted by Crippen LogP contribution is 2.28. The third-order valence-electron chi connectivity index (χ3n) is 3.84. The van der Waals surface area contributed by atoms with Gasteiger partial charge in [0.15, 0.2) is 0 Å². The largest absolute Gasteiger partial charge is 0.507 e. The molecule has 5 heteroatoms. The molecular weight excluding hydrogens is 268 g/mol. The quantitative estimate of drug-likeness (QED) is 0.850. The van der Waals surface area contributed by atoms with E-state index in [4.69, 9.17) is 4.74 Å². The molecule has 2 heterocycles. The van der Waals surface area contributed by atoms with Gasteiger partial charge in [-0.25, -0.2) is 4.99 Å². The second-order valence-corrected chi connectivity index (χ2v) is 5.25. The number of nitrogens with zero attached hydrogens (tertiary/aromatic N) is 2. The average molecular weight is 286 g/mol. The number of phenols is 1. The van der Waals surface area contributed by atoms with Crippen molar-refractivity contribution in [1.82, 2.24) is 4.90 Å². The molecular formula is C16H18N2O3. The van der Waals surface area contributed by atoms with Crippen molar-refractivity contribution >= 4 is 17.8 Å². The number of aliphatic imine (C=N–C) groups is 1. The van der Waals surface area contributed by atoms with Gasteiger partial charge in [-0.3, -0.25) is 9.69 Å². The predicted octanol–water partition coefficient (Wildman–Crippen LogP) is 2.56. The minimum atomic E-state index is -0.0675. The van der Waals surface area contributed by atoms with Gasteiger partial charge in [-0.05, 0) is 31.1 Å². The molecule has 0 unspecified atom stereocenters. The van der Waals surface area contributed by atoms with Crippen LogP contribution in [0.4, 0.5) is 0 Å². The number of hydrogen-bond acceptors (Lipinski definition) is 4. The first-order valence-electron chi connectivity index (χ1n) is 7.17. The van der Waals surface area contributed by atoms with Gasteiger partial charge in [0.25, 0.3) is 5.91 Å². The first-order chi connectivity index (χ1) is 10.2. The molecule has 0 saturated carbocycles. The molecule has 1 aromatic rings. The van der Waals surface area contributed by atoms with Gasteiger partial charge in [-0.2, -0.15) is 0 Å². The van der Waals surface area contributed by atoms with Crippen LogP contribution < -0.4 is 4.74 Å². The summed E-state index contributed by atoms with van der Waals surface area (Å²) in [6.07, 6.45) is 5.72. The third-order valence-corrected chi connectivity index (χ3v) is 3.84. The molecule has 0 aromatic heterocycles. The predicted molar refractivity (Wildman–Crippen MR) is 80.3 cm³/mol. The van der Waals surface area contributed by atoms with Crippen LogP contribution in [0.5, 0.6) is 11.5 Å². The SMILES string of the molecule is COc1ccc(/C=C2/N=C3CCCCCN3C2=O)c(O)c1. The normalized spacial score (nSPS) is 20.2. The van der Waals surface area contributed by atoms with E-state index >= 15 is 0 Å². The second kappa shape index (κ2) is 5.60. The topological polar surface area (TPSA) is 62.1 Å². The molecule has 1 N–H and O–H groups in total. The van der Waals surface area contributed by atoms with Gasteiger partial charge in [-0.15, -0.1) is 0 Å². The zero-order valence-electron chi connectivity index (χ0n) is 12.0. The standard InChI is InChI=1S/C16H18N2O3/c1-21-12-7-6-11(14(19)10-12)9-13-16(20)18-8-4-2-3-5-15(18)17-13/h6-7,9-10,19H,2-5,8H2,1H3/b13-9+. The number of carbonyl (C=O) groups excluding carboxylic acids is 1. The molecule has 0 aliphatic carbocycles. The molecule has 2 aliphatic rings. The fourth-order valence-corrected chi connectivity index (χ4v) is 2.67. The van der Waals surface area contributed by atoms with Crippen LogP contribution in [-0.2, 0) is 4.79 Å². The molecule has 0 bridgehead atoms. The van der Waals surface area contributed by atoms with Crippen LogP contribution in [0.1, 0.15) is 31.2 Å². The zero-order chi connectivity index (χ0) is 14.8. The van der Waals surface area contributed by atoms with Gasteiger partial charge in [-0.1, -0.05) is 6.42 Å². The first-order valence-corrected chi connectivity index (χ1v) is 7.17. The summed E-state index contributed by atoms with van der Waals surface area (Å²) < 4.78 is 5.05. The summed E-state index contributed by atoms with van der Waals surface area (Å²) >= 11 is 0. The number of phenolic OH excluding ortho intramolecular Hbond substituents is 1. The van der Waals surface area contributed by atoms with Crippen molar-refractivity contribution in [2.24, 2.45) is 4.99 Å². The Balaban J connectivity index is 1.91. The molecule has 1 saturated heterocycles. The van der Waals surface area contributed by atoms with E-state index in [0.717, 1.165) is 38.1 Å². The van der Waals surface area contributed by atoms with Crippen LogP contribution in [0.25, 0.3) is 6.08 Å². The van der Waals surface area contributed by atoms with Crippen molar-refractivity contribution in [3.63, 3.8) is 0 Å². The third kappa shape index (κ3) is 2.63. The Labute approximate surface area is 123 Å². The Bertz CT molecular complexity index is 634. The molecule has 110 valence electrons. The summed E-state index contributed by atoms with van der Waals surface area (Å²) in [6.45, 7) is 0.740. The Kier molecular flexibility index (Phi) is 3.64. The maximum Gasteiger partial charge on any atom is 0.277 e. The summed E-state index contributed by atoms with van der Waals surface area (Å²) in [5, 5.41) is 9.97. The number of amidine groups is 1. The maximum atomic E-state index is 12.4.